The van der Waals surface area contributed by atoms with Gasteiger partial charge in [0, 0.05) is 29.5 Å². The molecule has 3 heterocycles. The predicted molar refractivity (Wildman–Crippen MR) is 92.0 cm³/mol. The fraction of sp³-hybridized carbons (Fsp3) is 0.0667. The van der Waals surface area contributed by atoms with Crippen molar-refractivity contribution in [1.29, 1.82) is 0 Å². The minimum atomic E-state index is -1.55. The highest BCUT2D eigenvalue weighted by Gasteiger charge is 2.23. The van der Waals surface area contributed by atoms with Gasteiger partial charge in [-0.3, -0.25) is 9.31 Å². The van der Waals surface area contributed by atoms with Crippen LogP contribution in [-0.4, -0.2) is 30.3 Å². The van der Waals surface area contributed by atoms with E-state index in [1.807, 2.05) is 0 Å². The van der Waals surface area contributed by atoms with Crippen molar-refractivity contribution in [2.45, 2.75) is 4.90 Å². The summed E-state index contributed by atoms with van der Waals surface area (Å²) in [6.07, 6.45) is 4.66. The molecule has 0 amide bonds. The molecule has 0 spiro atoms. The number of nitrogens with one attached hydrogen (secondary N) is 1. The van der Waals surface area contributed by atoms with Gasteiger partial charge in [0.1, 0.15) is 10.7 Å². The first-order chi connectivity index (χ1) is 11.5. The molecule has 0 saturated carbocycles. The highest BCUT2D eigenvalue weighted by molar-refractivity contribution is 7.84. The van der Waals surface area contributed by atoms with Crippen molar-refractivity contribution >= 4 is 44.6 Å². The predicted octanol–water partition coefficient (Wildman–Crippen LogP) is 2.99. The van der Waals surface area contributed by atoms with Crippen molar-refractivity contribution < 1.29 is 8.60 Å². The monoisotopic (exact) mass is 363 g/mol. The summed E-state index contributed by atoms with van der Waals surface area (Å²) in [5.74, 6) is -0.327. The number of rotatable bonds is 2. The van der Waals surface area contributed by atoms with Crippen molar-refractivity contribution in [2.24, 2.45) is 0 Å². The minimum absolute atomic E-state index is 0.0194. The number of anilines is 1. The first kappa shape index (κ1) is 15.1. The molecule has 1 aromatic carbocycles. The number of aromatic amines is 1. The lowest BCUT2D eigenvalue weighted by atomic mass is 10.0. The van der Waals surface area contributed by atoms with Gasteiger partial charge in [0.25, 0.3) is 0 Å². The standard InChI is InChI=1S/C15H11ClFN5OS/c1-24(23)15-13(17)12(16)11(9-6-19-20-14(9)15)7-2-3-22-8(4-7)5-10(18)21-22/h2-6H,1H3,(H2,18,21)(H,19,20). The van der Waals surface area contributed by atoms with Crippen LogP contribution in [0.2, 0.25) is 5.02 Å². The van der Waals surface area contributed by atoms with E-state index in [9.17, 15) is 8.60 Å². The van der Waals surface area contributed by atoms with Gasteiger partial charge in [-0.05, 0) is 17.7 Å². The van der Waals surface area contributed by atoms with Gasteiger partial charge >= 0.3 is 0 Å². The Morgan fingerprint density at radius 3 is 2.96 bits per heavy atom. The number of nitrogens with two attached hydrogens (primary N) is 1. The van der Waals surface area contributed by atoms with Crippen molar-refractivity contribution in [3.63, 3.8) is 0 Å². The maximum absolute atomic E-state index is 14.7. The molecule has 0 saturated heterocycles. The van der Waals surface area contributed by atoms with Gasteiger partial charge < -0.3 is 5.73 Å². The van der Waals surface area contributed by atoms with Crippen molar-refractivity contribution in [3.05, 3.63) is 41.4 Å². The van der Waals surface area contributed by atoms with Gasteiger partial charge in [-0.1, -0.05) is 11.6 Å². The number of hydrogen-bond acceptors (Lipinski definition) is 4. The molecule has 4 rings (SSSR count). The summed E-state index contributed by atoms with van der Waals surface area (Å²) >= 11 is 6.27. The largest absolute Gasteiger partial charge is 0.382 e. The van der Waals surface area contributed by atoms with E-state index in [1.54, 1.807) is 35.1 Å². The van der Waals surface area contributed by atoms with Crippen LogP contribution in [0.4, 0.5) is 10.2 Å². The molecule has 3 N–H and O–H groups in total. The molecule has 24 heavy (non-hydrogen) atoms. The number of hydrogen-bond donors (Lipinski definition) is 2. The van der Waals surface area contributed by atoms with E-state index >= 15 is 0 Å². The molecular weight excluding hydrogens is 353 g/mol. The van der Waals surface area contributed by atoms with Crippen LogP contribution < -0.4 is 5.73 Å². The zero-order chi connectivity index (χ0) is 17.0. The van der Waals surface area contributed by atoms with Gasteiger partial charge in [-0.25, -0.2) is 8.91 Å². The Kier molecular flexibility index (Phi) is 3.33. The molecule has 1 unspecified atom stereocenters. The second-order valence-corrected chi connectivity index (χ2v) is 6.99. The molecule has 3 aromatic heterocycles. The Morgan fingerprint density at radius 2 is 2.21 bits per heavy atom. The third-order valence-electron chi connectivity index (χ3n) is 3.81. The average Bonchev–Trinajstić information content (AvgIpc) is 3.12. The molecular formula is C15H11ClFN5OS. The van der Waals surface area contributed by atoms with Crippen LogP contribution in [0.25, 0.3) is 27.5 Å². The van der Waals surface area contributed by atoms with Crippen LogP contribution in [0.3, 0.4) is 0 Å². The van der Waals surface area contributed by atoms with Crippen LogP contribution in [0.5, 0.6) is 0 Å². The molecule has 0 aliphatic rings. The Labute approximate surface area is 142 Å². The number of fused-ring (bicyclic) bond motifs is 2. The van der Waals surface area contributed by atoms with Crippen LogP contribution in [-0.2, 0) is 10.8 Å². The Hall–Kier alpha value is -2.45. The summed E-state index contributed by atoms with van der Waals surface area (Å²) in [6.45, 7) is 0. The van der Waals surface area contributed by atoms with Gasteiger partial charge in [0.2, 0.25) is 0 Å². The fourth-order valence-corrected chi connectivity index (χ4v) is 3.97. The molecule has 0 aliphatic heterocycles. The van der Waals surface area contributed by atoms with Crippen LogP contribution >= 0.6 is 11.6 Å². The minimum Gasteiger partial charge on any atom is -0.382 e. The van der Waals surface area contributed by atoms with E-state index in [2.05, 4.69) is 15.3 Å². The number of aromatic nitrogens is 4. The van der Waals surface area contributed by atoms with Crippen LogP contribution in [0.15, 0.2) is 35.5 Å². The maximum Gasteiger partial charge on any atom is 0.160 e. The lowest BCUT2D eigenvalue weighted by molar-refractivity contribution is 0.600. The third-order valence-corrected chi connectivity index (χ3v) is 5.12. The van der Waals surface area contributed by atoms with E-state index in [0.29, 0.717) is 27.8 Å². The number of H-pyrrole nitrogens is 1. The van der Waals surface area contributed by atoms with Crippen molar-refractivity contribution in [2.75, 3.05) is 12.0 Å². The first-order valence-electron chi connectivity index (χ1n) is 6.90. The average molecular weight is 364 g/mol. The zero-order valence-electron chi connectivity index (χ0n) is 12.4. The summed E-state index contributed by atoms with van der Waals surface area (Å²) < 4.78 is 28.2. The Bertz CT molecular complexity index is 1140. The summed E-state index contributed by atoms with van der Waals surface area (Å²) in [5, 5.41) is 11.3. The summed E-state index contributed by atoms with van der Waals surface area (Å²) in [7, 11) is -1.55. The van der Waals surface area contributed by atoms with E-state index in [4.69, 9.17) is 17.3 Å². The van der Waals surface area contributed by atoms with Crippen molar-refractivity contribution in [1.82, 2.24) is 19.8 Å². The van der Waals surface area contributed by atoms with E-state index in [0.717, 1.165) is 5.52 Å². The summed E-state index contributed by atoms with van der Waals surface area (Å²) in [6, 6.07) is 5.27. The summed E-state index contributed by atoms with van der Waals surface area (Å²) in [4.78, 5) is 0.0194. The van der Waals surface area contributed by atoms with Gasteiger partial charge in [-0.2, -0.15) is 10.2 Å². The lowest BCUT2D eigenvalue weighted by Gasteiger charge is -2.11. The molecule has 9 heteroatoms. The quantitative estimate of drug-likeness (QED) is 0.573. The number of nitrogens with zero attached hydrogens (tertiary/aromatic N) is 3. The van der Waals surface area contributed by atoms with Gasteiger partial charge in [0.15, 0.2) is 5.82 Å². The lowest BCUT2D eigenvalue weighted by Crippen LogP contribution is -1.98. The Morgan fingerprint density at radius 1 is 1.42 bits per heavy atom. The fourth-order valence-electron chi connectivity index (χ4n) is 2.81. The van der Waals surface area contributed by atoms with Crippen LogP contribution in [0, 0.1) is 5.82 Å². The molecule has 0 radical (unpaired) electrons. The molecule has 0 bridgehead atoms. The second kappa shape index (κ2) is 5.29. The highest BCUT2D eigenvalue weighted by Crippen LogP contribution is 2.40. The normalized spacial score (nSPS) is 13.0. The van der Waals surface area contributed by atoms with Crippen LogP contribution in [0.1, 0.15) is 0 Å². The number of halogens is 2. The van der Waals surface area contributed by atoms with Gasteiger partial charge in [0.05, 0.1) is 33.1 Å². The number of pyridine rings is 1. The Balaban J connectivity index is 2.08. The molecule has 4 aromatic rings. The van der Waals surface area contributed by atoms with E-state index in [1.165, 1.54) is 6.26 Å². The summed E-state index contributed by atoms with van der Waals surface area (Å²) in [5.41, 5.74) is 7.99. The van der Waals surface area contributed by atoms with Crippen molar-refractivity contribution in [3.8, 4) is 11.1 Å². The smallest absolute Gasteiger partial charge is 0.160 e. The van der Waals surface area contributed by atoms with E-state index in [-0.39, 0.29) is 9.92 Å². The number of nitrogen functional groups attached to an aromatic ring is 1. The molecule has 0 fully saturated rings. The van der Waals surface area contributed by atoms with Gasteiger partial charge in [-0.15, -0.1) is 0 Å². The molecule has 122 valence electrons. The van der Waals surface area contributed by atoms with E-state index < -0.39 is 16.6 Å². The topological polar surface area (TPSA) is 89.1 Å². The third kappa shape index (κ3) is 2.10. The molecule has 0 aliphatic carbocycles. The highest BCUT2D eigenvalue weighted by atomic mass is 35.5. The second-order valence-electron chi connectivity index (χ2n) is 5.30. The maximum atomic E-state index is 14.7. The zero-order valence-corrected chi connectivity index (χ0v) is 14.0. The SMILES string of the molecule is CS(=O)c1c(F)c(Cl)c(-c2ccn3nc(N)cc3c2)c2cn[nH]c12. The molecule has 6 nitrogen and oxygen atoms in total. The first-order valence-corrected chi connectivity index (χ1v) is 8.83. The number of benzene rings is 1. The molecule has 1 atom stereocenters.